The topological polar surface area (TPSA) is 119 Å². The predicted molar refractivity (Wildman–Crippen MR) is 111 cm³/mol. The van der Waals surface area contributed by atoms with Crippen LogP contribution in [0.3, 0.4) is 0 Å². The lowest BCUT2D eigenvalue weighted by atomic mass is 10.2. The summed E-state index contributed by atoms with van der Waals surface area (Å²) >= 11 is 0. The molecule has 156 valence electrons. The second-order valence-corrected chi connectivity index (χ2v) is 6.60. The van der Waals surface area contributed by atoms with Crippen molar-refractivity contribution in [3.05, 3.63) is 94.9 Å². The molecule has 0 spiro atoms. The first kappa shape index (κ1) is 19.9. The van der Waals surface area contributed by atoms with Gasteiger partial charge in [0.15, 0.2) is 5.76 Å². The highest BCUT2D eigenvalue weighted by molar-refractivity contribution is 6.02. The van der Waals surface area contributed by atoms with Gasteiger partial charge < -0.3 is 19.5 Å². The molecule has 0 saturated heterocycles. The maximum Gasteiger partial charge on any atom is 0.437 e. The third-order valence-electron chi connectivity index (χ3n) is 4.37. The fourth-order valence-electron chi connectivity index (χ4n) is 2.80. The number of benzene rings is 2. The third-order valence-corrected chi connectivity index (χ3v) is 4.37. The van der Waals surface area contributed by atoms with Crippen molar-refractivity contribution in [3.8, 4) is 11.5 Å². The number of carbonyl (C=O) groups is 2. The average Bonchev–Trinajstić information content (AvgIpc) is 3.45. The molecule has 0 aliphatic heterocycles. The molecule has 0 atom stereocenters. The second kappa shape index (κ2) is 8.95. The predicted octanol–water partition coefficient (Wildman–Crippen LogP) is 2.67. The van der Waals surface area contributed by atoms with Gasteiger partial charge in [-0.1, -0.05) is 30.3 Å². The van der Waals surface area contributed by atoms with Crippen LogP contribution in [0.5, 0.6) is 0 Å². The van der Waals surface area contributed by atoms with Gasteiger partial charge in [-0.15, -0.1) is 5.10 Å². The smallest absolute Gasteiger partial charge is 0.437 e. The van der Waals surface area contributed by atoms with E-state index in [4.69, 9.17) is 8.83 Å². The molecule has 2 aromatic heterocycles. The Hall–Kier alpha value is -4.40. The van der Waals surface area contributed by atoms with E-state index in [0.29, 0.717) is 11.3 Å². The van der Waals surface area contributed by atoms with Gasteiger partial charge in [-0.2, -0.15) is 4.68 Å². The first-order valence-electron chi connectivity index (χ1n) is 9.42. The van der Waals surface area contributed by atoms with Crippen LogP contribution in [0.1, 0.15) is 16.1 Å². The molecule has 9 heteroatoms. The van der Waals surface area contributed by atoms with E-state index in [0.717, 1.165) is 10.2 Å². The molecule has 2 heterocycles. The molecule has 0 radical (unpaired) electrons. The van der Waals surface area contributed by atoms with Crippen molar-refractivity contribution in [2.75, 3.05) is 5.32 Å². The minimum Gasteiger partial charge on any atom is -0.459 e. The first-order chi connectivity index (χ1) is 15.1. The zero-order chi connectivity index (χ0) is 21.6. The Bertz CT molecular complexity index is 1230. The molecule has 2 amide bonds. The Balaban J connectivity index is 1.30. The molecule has 4 rings (SSSR count). The fraction of sp³-hybridized carbons (Fsp3) is 0.0909. The number of anilines is 1. The minimum atomic E-state index is -0.703. The van der Waals surface area contributed by atoms with Crippen LogP contribution in [-0.4, -0.2) is 21.6 Å². The highest BCUT2D eigenvalue weighted by atomic mass is 16.4. The maximum absolute atomic E-state index is 12.2. The number of aromatic nitrogens is 2. The molecule has 31 heavy (non-hydrogen) atoms. The van der Waals surface area contributed by atoms with Gasteiger partial charge in [0.25, 0.3) is 5.91 Å². The molecule has 0 aliphatic rings. The van der Waals surface area contributed by atoms with Crippen LogP contribution in [0.15, 0.2) is 86.6 Å². The number of nitrogens with one attached hydrogen (secondary N) is 2. The Morgan fingerprint density at radius 3 is 2.45 bits per heavy atom. The Kier molecular flexibility index (Phi) is 5.75. The number of hydrogen-bond acceptors (Lipinski definition) is 6. The number of hydrogen-bond donors (Lipinski definition) is 2. The molecule has 0 fully saturated rings. The van der Waals surface area contributed by atoms with Gasteiger partial charge in [0.05, 0.1) is 6.26 Å². The van der Waals surface area contributed by atoms with Crippen molar-refractivity contribution in [1.82, 2.24) is 15.1 Å². The average molecular weight is 418 g/mol. The third kappa shape index (κ3) is 4.96. The van der Waals surface area contributed by atoms with Crippen LogP contribution >= 0.6 is 0 Å². The molecule has 9 nitrogen and oxygen atoms in total. The summed E-state index contributed by atoms with van der Waals surface area (Å²) in [5, 5.41) is 9.50. The lowest BCUT2D eigenvalue weighted by Gasteiger charge is -2.07. The summed E-state index contributed by atoms with van der Waals surface area (Å²) in [5.41, 5.74) is 2.07. The van der Waals surface area contributed by atoms with E-state index in [1.165, 1.54) is 6.26 Å². The number of carbonyl (C=O) groups excluding carboxylic acids is 2. The molecule has 0 aliphatic carbocycles. The van der Waals surface area contributed by atoms with E-state index in [2.05, 4.69) is 15.7 Å². The summed E-state index contributed by atoms with van der Waals surface area (Å²) in [5.74, 6) is -1.06. The first-order valence-corrected chi connectivity index (χ1v) is 9.42. The number of amides is 2. The van der Waals surface area contributed by atoms with E-state index < -0.39 is 5.76 Å². The van der Waals surface area contributed by atoms with Crippen LogP contribution in [0, 0.1) is 0 Å². The van der Waals surface area contributed by atoms with E-state index in [1.54, 1.807) is 60.7 Å². The van der Waals surface area contributed by atoms with Gasteiger partial charge >= 0.3 is 5.76 Å². The van der Waals surface area contributed by atoms with Crippen molar-refractivity contribution < 1.29 is 18.4 Å². The van der Waals surface area contributed by atoms with Crippen molar-refractivity contribution in [2.24, 2.45) is 0 Å². The van der Waals surface area contributed by atoms with Crippen molar-refractivity contribution >= 4 is 17.5 Å². The van der Waals surface area contributed by atoms with Crippen molar-refractivity contribution in [1.29, 1.82) is 0 Å². The standard InChI is InChI=1S/C22H18N4O5/c27-19(14-26-22(29)31-21(25-26)16-5-2-1-3-6-16)23-13-15-8-10-17(11-9-15)24-20(28)18-7-4-12-30-18/h1-12H,13-14H2,(H,23,27)(H,24,28). The van der Waals surface area contributed by atoms with Crippen LogP contribution in [0.25, 0.3) is 11.5 Å². The Labute approximate surface area is 176 Å². The lowest BCUT2D eigenvalue weighted by molar-refractivity contribution is -0.122. The van der Waals surface area contributed by atoms with Gasteiger partial charge in [-0.25, -0.2) is 4.79 Å². The summed E-state index contributed by atoms with van der Waals surface area (Å²) in [6.45, 7) is -0.00412. The van der Waals surface area contributed by atoms with E-state index in [1.807, 2.05) is 6.07 Å². The van der Waals surface area contributed by atoms with E-state index in [9.17, 15) is 14.4 Å². The summed E-state index contributed by atoms with van der Waals surface area (Å²) < 4.78 is 11.1. The molecule has 0 saturated carbocycles. The maximum atomic E-state index is 12.2. The van der Waals surface area contributed by atoms with Crippen LogP contribution in [0.4, 0.5) is 5.69 Å². The van der Waals surface area contributed by atoms with Gasteiger partial charge in [0, 0.05) is 17.8 Å². The van der Waals surface area contributed by atoms with E-state index >= 15 is 0 Å². The normalized spacial score (nSPS) is 10.6. The SMILES string of the molecule is O=C(Cn1nc(-c2ccccc2)oc1=O)NCc1ccc(NC(=O)c2ccco2)cc1. The molecule has 2 N–H and O–H groups in total. The summed E-state index contributed by atoms with van der Waals surface area (Å²) in [6, 6.07) is 19.1. The largest absolute Gasteiger partial charge is 0.459 e. The van der Waals surface area contributed by atoms with Crippen LogP contribution < -0.4 is 16.4 Å². The van der Waals surface area contributed by atoms with Gasteiger partial charge in [-0.05, 0) is 42.0 Å². The van der Waals surface area contributed by atoms with Crippen molar-refractivity contribution in [2.45, 2.75) is 13.1 Å². The van der Waals surface area contributed by atoms with Crippen LogP contribution in [-0.2, 0) is 17.9 Å². The molecule has 0 bridgehead atoms. The summed E-state index contributed by atoms with van der Waals surface area (Å²) in [6.07, 6.45) is 1.43. The monoisotopic (exact) mass is 418 g/mol. The Morgan fingerprint density at radius 1 is 0.968 bits per heavy atom. The highest BCUT2D eigenvalue weighted by Gasteiger charge is 2.13. The lowest BCUT2D eigenvalue weighted by Crippen LogP contribution is -2.31. The molecule has 2 aromatic carbocycles. The van der Waals surface area contributed by atoms with Gasteiger partial charge in [0.1, 0.15) is 6.54 Å². The number of furan rings is 1. The van der Waals surface area contributed by atoms with Gasteiger partial charge in [0.2, 0.25) is 11.8 Å². The zero-order valence-corrected chi connectivity index (χ0v) is 16.3. The number of nitrogens with zero attached hydrogens (tertiary/aromatic N) is 2. The van der Waals surface area contributed by atoms with Crippen molar-refractivity contribution in [3.63, 3.8) is 0 Å². The fourth-order valence-corrected chi connectivity index (χ4v) is 2.80. The molecular formula is C22H18N4O5. The van der Waals surface area contributed by atoms with E-state index in [-0.39, 0.29) is 36.6 Å². The second-order valence-electron chi connectivity index (χ2n) is 6.60. The zero-order valence-electron chi connectivity index (χ0n) is 16.3. The summed E-state index contributed by atoms with van der Waals surface area (Å²) in [7, 11) is 0. The quantitative estimate of drug-likeness (QED) is 0.476. The Morgan fingerprint density at radius 2 is 1.74 bits per heavy atom. The van der Waals surface area contributed by atoms with Gasteiger partial charge in [-0.3, -0.25) is 9.59 Å². The molecule has 4 aromatic rings. The molecular weight excluding hydrogens is 400 g/mol. The molecule has 0 unspecified atom stereocenters. The summed E-state index contributed by atoms with van der Waals surface area (Å²) in [4.78, 5) is 36.1. The highest BCUT2D eigenvalue weighted by Crippen LogP contribution is 2.14. The van der Waals surface area contributed by atoms with Crippen LogP contribution in [0.2, 0.25) is 0 Å². The minimum absolute atomic E-state index is 0.158. The number of rotatable bonds is 7.